The van der Waals surface area contributed by atoms with Crippen LogP contribution in [0.1, 0.15) is 6.92 Å². The second-order valence-corrected chi connectivity index (χ2v) is 4.37. The van der Waals surface area contributed by atoms with Crippen molar-refractivity contribution >= 4 is 0 Å². The topological polar surface area (TPSA) is 48.3 Å². The number of methoxy groups -OCH3 is 1. The summed E-state index contributed by atoms with van der Waals surface area (Å²) in [6.07, 6.45) is 3.59. The molecular weight excluding hydrogens is 242 g/mol. The molecule has 0 bridgehead atoms. The van der Waals surface area contributed by atoms with Gasteiger partial charge in [-0.1, -0.05) is 6.07 Å². The number of rotatable bonds is 6. The molecule has 0 aliphatic heterocycles. The number of hydrogen-bond donors (Lipinski definition) is 1. The average Bonchev–Trinajstić information content (AvgIpc) is 2.86. The van der Waals surface area contributed by atoms with E-state index >= 15 is 0 Å². The van der Waals surface area contributed by atoms with Crippen LogP contribution >= 0.6 is 0 Å². The lowest BCUT2D eigenvalue weighted by atomic mass is 10.3. The normalized spacial score (nSPS) is 12.2. The molecule has 2 aromatic rings. The zero-order valence-corrected chi connectivity index (χ0v) is 11.5. The highest BCUT2D eigenvalue weighted by molar-refractivity contribution is 5.35. The highest BCUT2D eigenvalue weighted by Crippen LogP contribution is 2.24. The first-order chi connectivity index (χ1) is 9.21. The fourth-order valence-corrected chi connectivity index (χ4v) is 1.67. The summed E-state index contributed by atoms with van der Waals surface area (Å²) in [5, 5.41) is 7.43. The summed E-state index contributed by atoms with van der Waals surface area (Å²) in [6.45, 7) is 2.91. The van der Waals surface area contributed by atoms with Gasteiger partial charge in [-0.25, -0.2) is 0 Å². The second-order valence-electron chi connectivity index (χ2n) is 4.37. The summed E-state index contributed by atoms with van der Waals surface area (Å²) in [6, 6.07) is 7.86. The minimum Gasteiger partial charge on any atom is -0.497 e. The maximum Gasteiger partial charge on any atom is 0.165 e. The Bertz CT molecular complexity index is 525. The number of ether oxygens (including phenoxy) is 2. The van der Waals surface area contributed by atoms with Crippen LogP contribution < -0.4 is 14.8 Å². The molecule has 0 spiro atoms. The molecule has 19 heavy (non-hydrogen) atoms. The highest BCUT2D eigenvalue weighted by atomic mass is 16.5. The molecule has 0 amide bonds. The molecular formula is C14H19N3O2. The Labute approximate surface area is 113 Å². The van der Waals surface area contributed by atoms with Crippen molar-refractivity contribution in [2.75, 3.05) is 14.2 Å². The molecule has 1 heterocycles. The van der Waals surface area contributed by atoms with Crippen molar-refractivity contribution in [3.05, 3.63) is 36.7 Å². The van der Waals surface area contributed by atoms with E-state index in [0.29, 0.717) is 6.04 Å². The van der Waals surface area contributed by atoms with Gasteiger partial charge in [-0.3, -0.25) is 4.68 Å². The van der Waals surface area contributed by atoms with Gasteiger partial charge in [0.2, 0.25) is 0 Å². The maximum atomic E-state index is 5.73. The van der Waals surface area contributed by atoms with Crippen LogP contribution in [0, 0.1) is 0 Å². The molecule has 0 fully saturated rings. The highest BCUT2D eigenvalue weighted by Gasteiger charge is 2.05. The van der Waals surface area contributed by atoms with Crippen LogP contribution in [0.3, 0.4) is 0 Å². The van der Waals surface area contributed by atoms with Gasteiger partial charge in [0.25, 0.3) is 0 Å². The SMILES string of the molecule is CNC(C)Cn1cc(Oc2cccc(OC)c2)cn1. The third-order valence-corrected chi connectivity index (χ3v) is 2.84. The lowest BCUT2D eigenvalue weighted by molar-refractivity contribution is 0.409. The molecule has 0 saturated carbocycles. The van der Waals surface area contributed by atoms with Crippen molar-refractivity contribution in [3.8, 4) is 17.2 Å². The van der Waals surface area contributed by atoms with Crippen molar-refractivity contribution in [2.24, 2.45) is 0 Å². The molecule has 5 nitrogen and oxygen atoms in total. The van der Waals surface area contributed by atoms with Crippen LogP contribution in [0.15, 0.2) is 36.7 Å². The Morgan fingerprint density at radius 1 is 1.32 bits per heavy atom. The molecule has 0 saturated heterocycles. The Hall–Kier alpha value is -2.01. The predicted octanol–water partition coefficient (Wildman–Crippen LogP) is 2.29. The van der Waals surface area contributed by atoms with E-state index in [0.717, 1.165) is 23.8 Å². The van der Waals surface area contributed by atoms with E-state index in [1.165, 1.54) is 0 Å². The van der Waals surface area contributed by atoms with Crippen molar-refractivity contribution in [2.45, 2.75) is 19.5 Å². The summed E-state index contributed by atoms with van der Waals surface area (Å²) in [5.41, 5.74) is 0. The summed E-state index contributed by atoms with van der Waals surface area (Å²) in [7, 11) is 3.57. The fourth-order valence-electron chi connectivity index (χ4n) is 1.67. The van der Waals surface area contributed by atoms with E-state index in [4.69, 9.17) is 9.47 Å². The standard InChI is InChI=1S/C14H19N3O2/c1-11(15-2)9-17-10-14(8-16-17)19-13-6-4-5-12(7-13)18-3/h4-8,10-11,15H,9H2,1-3H3. The number of hydrogen-bond acceptors (Lipinski definition) is 4. The Balaban J connectivity index is 2.02. The first kappa shape index (κ1) is 13.4. The first-order valence-corrected chi connectivity index (χ1v) is 6.23. The van der Waals surface area contributed by atoms with Crippen molar-refractivity contribution in [1.29, 1.82) is 0 Å². The third-order valence-electron chi connectivity index (χ3n) is 2.84. The Morgan fingerprint density at radius 2 is 2.11 bits per heavy atom. The van der Waals surface area contributed by atoms with Crippen LogP contribution in [0.2, 0.25) is 0 Å². The van der Waals surface area contributed by atoms with E-state index < -0.39 is 0 Å². The van der Waals surface area contributed by atoms with E-state index in [2.05, 4.69) is 17.3 Å². The largest absolute Gasteiger partial charge is 0.497 e. The van der Waals surface area contributed by atoms with Gasteiger partial charge in [-0.2, -0.15) is 5.10 Å². The molecule has 2 rings (SSSR count). The van der Waals surface area contributed by atoms with Gasteiger partial charge >= 0.3 is 0 Å². The molecule has 0 aliphatic rings. The van der Waals surface area contributed by atoms with Crippen molar-refractivity contribution < 1.29 is 9.47 Å². The molecule has 1 unspecified atom stereocenters. The van der Waals surface area contributed by atoms with Crippen LogP contribution in [-0.4, -0.2) is 30.0 Å². The van der Waals surface area contributed by atoms with Crippen molar-refractivity contribution in [3.63, 3.8) is 0 Å². The number of nitrogens with zero attached hydrogens (tertiary/aromatic N) is 2. The Kier molecular flexibility index (Phi) is 4.41. The number of likely N-dealkylation sites (N-methyl/N-ethyl adjacent to an activating group) is 1. The molecule has 5 heteroatoms. The van der Waals surface area contributed by atoms with Crippen LogP contribution in [0.5, 0.6) is 17.2 Å². The van der Waals surface area contributed by atoms with Gasteiger partial charge in [0.05, 0.1) is 26.0 Å². The average molecular weight is 261 g/mol. The summed E-state index contributed by atoms with van der Waals surface area (Å²) >= 11 is 0. The molecule has 102 valence electrons. The Morgan fingerprint density at radius 3 is 2.84 bits per heavy atom. The van der Waals surface area contributed by atoms with E-state index in [1.54, 1.807) is 13.3 Å². The van der Waals surface area contributed by atoms with Crippen molar-refractivity contribution in [1.82, 2.24) is 15.1 Å². The summed E-state index contributed by atoms with van der Waals surface area (Å²) < 4.78 is 12.7. The maximum absolute atomic E-state index is 5.73. The third kappa shape index (κ3) is 3.72. The monoisotopic (exact) mass is 261 g/mol. The quantitative estimate of drug-likeness (QED) is 0.866. The zero-order valence-electron chi connectivity index (χ0n) is 11.5. The van der Waals surface area contributed by atoms with Gasteiger partial charge in [0, 0.05) is 12.1 Å². The summed E-state index contributed by atoms with van der Waals surface area (Å²) in [5.74, 6) is 2.23. The number of aromatic nitrogens is 2. The lowest BCUT2D eigenvalue weighted by Crippen LogP contribution is -2.26. The number of nitrogens with one attached hydrogen (secondary N) is 1. The van der Waals surface area contributed by atoms with Crippen LogP contribution in [0.4, 0.5) is 0 Å². The van der Waals surface area contributed by atoms with E-state index in [9.17, 15) is 0 Å². The molecule has 1 atom stereocenters. The second kappa shape index (κ2) is 6.24. The molecule has 1 aromatic heterocycles. The minimum absolute atomic E-state index is 0.365. The number of benzene rings is 1. The smallest absolute Gasteiger partial charge is 0.165 e. The zero-order chi connectivity index (χ0) is 13.7. The van der Waals surface area contributed by atoms with E-state index in [1.807, 2.05) is 42.2 Å². The fraction of sp³-hybridized carbons (Fsp3) is 0.357. The molecule has 1 N–H and O–H groups in total. The predicted molar refractivity (Wildman–Crippen MR) is 73.8 cm³/mol. The summed E-state index contributed by atoms with van der Waals surface area (Å²) in [4.78, 5) is 0. The minimum atomic E-state index is 0.365. The molecule has 0 radical (unpaired) electrons. The van der Waals surface area contributed by atoms with E-state index in [-0.39, 0.29) is 0 Å². The first-order valence-electron chi connectivity index (χ1n) is 6.23. The van der Waals surface area contributed by atoms with Gasteiger partial charge < -0.3 is 14.8 Å². The van der Waals surface area contributed by atoms with Gasteiger partial charge in [-0.05, 0) is 26.1 Å². The molecule has 0 aliphatic carbocycles. The van der Waals surface area contributed by atoms with Gasteiger partial charge in [0.1, 0.15) is 11.5 Å². The molecule has 1 aromatic carbocycles. The van der Waals surface area contributed by atoms with Crippen LogP contribution in [0.25, 0.3) is 0 Å². The van der Waals surface area contributed by atoms with Gasteiger partial charge in [-0.15, -0.1) is 0 Å². The lowest BCUT2D eigenvalue weighted by Gasteiger charge is -2.09. The van der Waals surface area contributed by atoms with Crippen LogP contribution in [-0.2, 0) is 6.54 Å². The van der Waals surface area contributed by atoms with Gasteiger partial charge in [0.15, 0.2) is 5.75 Å².